The van der Waals surface area contributed by atoms with Crippen molar-refractivity contribution in [2.75, 3.05) is 84.6 Å². The second-order valence-electron chi connectivity index (χ2n) is 9.92. The molecule has 249 valence electrons. The fourth-order valence-corrected chi connectivity index (χ4v) is 11.7. The van der Waals surface area contributed by atoms with Crippen LogP contribution in [0.1, 0.15) is 5.56 Å². The molecule has 0 aromatic heterocycles. The molecule has 1 radical (unpaired) electrons. The van der Waals surface area contributed by atoms with Gasteiger partial charge in [0.1, 0.15) is 16.7 Å². The Morgan fingerprint density at radius 3 is 1.21 bits per heavy atom. The van der Waals surface area contributed by atoms with Crippen LogP contribution in [-0.4, -0.2) is 154 Å². The average Bonchev–Trinajstić information content (AvgIpc) is 2.80. The molecule has 0 fully saturated rings. The maximum atomic E-state index is 10.7. The molecular weight excluding hydrogens is 840 g/mol. The predicted molar refractivity (Wildman–Crippen MR) is 181 cm³/mol. The first kappa shape index (κ1) is 45.1. The molecule has 0 aliphatic rings. The van der Waals surface area contributed by atoms with E-state index in [1.54, 1.807) is 3.27 Å². The van der Waals surface area contributed by atoms with Crippen molar-refractivity contribution in [3.8, 4) is 0 Å². The van der Waals surface area contributed by atoms with Crippen molar-refractivity contribution in [3.05, 3.63) is 59.1 Å². The van der Waals surface area contributed by atoms with E-state index in [0.717, 1.165) is 5.02 Å². The fraction of sp³-hybridized carbons (Fsp3) is 0.538. The molecule has 2 aromatic rings. The standard InChI is InChI=1S/C7H7.C6H4Cl.2C6H18N3P.CHF3O3S.Bi/c1-7-5-3-2-4-6-7;7-6-4-2-1-3-5-6;2*1-7(2)10(8(3)4)9(5)6;2-1(3,4)8(5,6)7;/h2-5H,1H3;2-5H;2*1-6H3;(H,5,6,7);. The van der Waals surface area contributed by atoms with Crippen LogP contribution >= 0.6 is 28.3 Å². The number of nitrogens with zero attached hydrogens (tertiary/aromatic N) is 6. The van der Waals surface area contributed by atoms with Crippen LogP contribution in [0.4, 0.5) is 13.2 Å². The fourth-order valence-electron chi connectivity index (χ4n) is 3.49. The first-order valence-corrected chi connectivity index (χ1v) is 20.3. The van der Waals surface area contributed by atoms with E-state index >= 15 is 0 Å². The summed E-state index contributed by atoms with van der Waals surface area (Å²) < 4.78 is 74.0. The number of rotatable bonds is 8. The Balaban J connectivity index is 0. The van der Waals surface area contributed by atoms with Gasteiger partial charge in [-0.15, -0.1) is 0 Å². The monoisotopic (exact) mass is 887 g/mol. The van der Waals surface area contributed by atoms with E-state index in [4.69, 9.17) is 24.6 Å². The number of aryl methyl sites for hydroxylation is 1. The Bertz CT molecular complexity index is 1090. The molecule has 0 unspecified atom stereocenters. The quantitative estimate of drug-likeness (QED) is 0.179. The summed E-state index contributed by atoms with van der Waals surface area (Å²) in [6.45, 7) is 2.19. The minimum Gasteiger partial charge on any atom is -0.279 e. The molecule has 9 nitrogen and oxygen atoms in total. The molecule has 1 N–H and O–H groups in total. The van der Waals surface area contributed by atoms with E-state index in [2.05, 4.69) is 156 Å². The molecule has 17 heteroatoms. The van der Waals surface area contributed by atoms with E-state index in [9.17, 15) is 13.2 Å². The van der Waals surface area contributed by atoms with Crippen molar-refractivity contribution < 1.29 is 26.1 Å². The summed E-state index contributed by atoms with van der Waals surface area (Å²) in [4.78, 5) is 0. The van der Waals surface area contributed by atoms with Crippen LogP contribution in [0.25, 0.3) is 0 Å². The summed E-state index contributed by atoms with van der Waals surface area (Å²) in [7, 11) is 18.9. The van der Waals surface area contributed by atoms with Gasteiger partial charge in [-0.1, -0.05) is 0 Å². The Labute approximate surface area is 277 Å². The molecule has 0 amide bonds. The van der Waals surface area contributed by atoms with E-state index in [1.807, 2.05) is 12.1 Å². The second kappa shape index (κ2) is 21.7. The number of benzene rings is 2. The Kier molecular flexibility index (Phi) is 22.7. The normalized spacial score (nSPS) is 12.0. The molecule has 0 saturated carbocycles. The molecule has 0 aliphatic heterocycles. The number of halogens is 4. The topological polar surface area (TPSA) is 73.8 Å². The van der Waals surface area contributed by atoms with Crippen LogP contribution in [-0.2, 0) is 10.1 Å². The van der Waals surface area contributed by atoms with Crippen LogP contribution in [0, 0.1) is 6.92 Å². The Hall–Kier alpha value is -0.0669. The third-order valence-corrected chi connectivity index (χ3v) is 14.8. The van der Waals surface area contributed by atoms with Gasteiger partial charge >= 0.3 is 123 Å². The van der Waals surface area contributed by atoms with Crippen molar-refractivity contribution in [2.24, 2.45) is 0 Å². The predicted octanol–water partition coefficient (Wildman–Crippen LogP) is 4.49. The molecule has 2 rings (SSSR count). The zero-order valence-electron chi connectivity index (χ0n) is 27.3. The van der Waals surface area contributed by atoms with E-state index in [1.165, 1.54) is 8.83 Å². The largest absolute Gasteiger partial charge is 0.522 e. The van der Waals surface area contributed by atoms with Gasteiger partial charge in [0.15, 0.2) is 0 Å². The molecule has 43 heavy (non-hydrogen) atoms. The van der Waals surface area contributed by atoms with E-state index in [-0.39, 0.29) is 16.7 Å². The molecule has 0 bridgehead atoms. The number of hydrogen-bond donors (Lipinski definition) is 1. The van der Waals surface area contributed by atoms with E-state index in [0.29, 0.717) is 0 Å². The molecule has 0 saturated heterocycles. The van der Waals surface area contributed by atoms with Gasteiger partial charge in [0.05, 0.1) is 0 Å². The third-order valence-electron chi connectivity index (χ3n) is 4.63. The smallest absolute Gasteiger partial charge is 0.279 e. The minimum absolute atomic E-state index is 0.238. The zero-order chi connectivity index (χ0) is 34.3. The SMILES string of the molecule is CN(C)P(N(C)C)N(C)C.CN(C)P(N(C)C)N(C)C.Cc1cccc[c]1[Bi][c]1ccc(Cl)cc1.O=S(=O)(O)C(F)(F)F. The Morgan fingerprint density at radius 1 is 0.674 bits per heavy atom. The van der Waals surface area contributed by atoms with Gasteiger partial charge in [-0.3, -0.25) is 32.6 Å². The molecule has 0 spiro atoms. The number of alkyl halides is 3. The summed E-state index contributed by atoms with van der Waals surface area (Å²) >= 11 is 5.13. The molecular formula is C26H48BiClF3N6O3P2S. The van der Waals surface area contributed by atoms with Crippen molar-refractivity contribution in [3.63, 3.8) is 0 Å². The van der Waals surface area contributed by atoms with Gasteiger partial charge in [0.2, 0.25) is 0 Å². The first-order valence-electron chi connectivity index (χ1n) is 12.6. The summed E-state index contributed by atoms with van der Waals surface area (Å²) in [6, 6.07) is 17.0. The summed E-state index contributed by atoms with van der Waals surface area (Å²) in [5.41, 5.74) is -4.11. The van der Waals surface area contributed by atoms with Crippen LogP contribution in [0.2, 0.25) is 5.02 Å². The van der Waals surface area contributed by atoms with Gasteiger partial charge < -0.3 is 0 Å². The van der Waals surface area contributed by atoms with E-state index < -0.39 is 38.9 Å². The summed E-state index contributed by atoms with van der Waals surface area (Å²) in [6.07, 6.45) is 0. The Morgan fingerprint density at radius 2 is 0.977 bits per heavy atom. The van der Waals surface area contributed by atoms with Gasteiger partial charge in [0.25, 0.3) is 0 Å². The first-order chi connectivity index (χ1) is 19.4. The summed E-state index contributed by atoms with van der Waals surface area (Å²) in [5.74, 6) is 0. The molecule has 0 atom stereocenters. The third kappa shape index (κ3) is 19.9. The maximum Gasteiger partial charge on any atom is 0.522 e. The minimum atomic E-state index is -5.84. The molecule has 0 aliphatic carbocycles. The van der Waals surface area contributed by atoms with Gasteiger partial charge in [-0.05, 0) is 84.6 Å². The summed E-state index contributed by atoms with van der Waals surface area (Å²) in [5, 5.41) is 0.824. The van der Waals surface area contributed by atoms with Crippen molar-refractivity contribution in [1.82, 2.24) is 28.0 Å². The van der Waals surface area contributed by atoms with Crippen LogP contribution in [0.15, 0.2) is 48.5 Å². The van der Waals surface area contributed by atoms with Crippen molar-refractivity contribution in [2.45, 2.75) is 12.4 Å². The van der Waals surface area contributed by atoms with Crippen LogP contribution < -0.4 is 6.54 Å². The molecule has 0 heterocycles. The average molecular weight is 888 g/mol. The van der Waals surface area contributed by atoms with Crippen LogP contribution in [0.5, 0.6) is 0 Å². The number of hydrogen-bond acceptors (Lipinski definition) is 8. The van der Waals surface area contributed by atoms with Gasteiger partial charge in [-0.25, -0.2) is 0 Å². The maximum absolute atomic E-state index is 10.7. The van der Waals surface area contributed by atoms with Crippen LogP contribution in [0.3, 0.4) is 0 Å². The second-order valence-corrected chi connectivity index (χ2v) is 22.4. The van der Waals surface area contributed by atoms with Crippen molar-refractivity contribution >= 4 is 68.2 Å². The molecule has 2 aromatic carbocycles. The van der Waals surface area contributed by atoms with Gasteiger partial charge in [-0.2, -0.15) is 21.6 Å². The zero-order valence-corrected chi connectivity index (χ0v) is 34.2. The van der Waals surface area contributed by atoms with Gasteiger partial charge in [0, 0.05) is 0 Å². The van der Waals surface area contributed by atoms with Crippen molar-refractivity contribution in [1.29, 1.82) is 0 Å².